The molecular formula is C19H22F3NO2Si. The van der Waals surface area contributed by atoms with Crippen LogP contribution in [0, 0.1) is 0 Å². The molecule has 26 heavy (non-hydrogen) atoms. The van der Waals surface area contributed by atoms with Crippen molar-refractivity contribution in [2.75, 3.05) is 0 Å². The predicted molar refractivity (Wildman–Crippen MR) is 97.0 cm³/mol. The molecule has 0 bridgehead atoms. The Morgan fingerprint density at radius 3 is 1.81 bits per heavy atom. The average molecular weight is 381 g/mol. The van der Waals surface area contributed by atoms with Crippen LogP contribution in [0.1, 0.15) is 23.3 Å². The second kappa shape index (κ2) is 8.05. The first-order valence-electron chi connectivity index (χ1n) is 8.23. The number of benzene rings is 2. The van der Waals surface area contributed by atoms with Crippen LogP contribution in [-0.4, -0.2) is 20.4 Å². The lowest BCUT2D eigenvalue weighted by molar-refractivity contribution is -0.175. The van der Waals surface area contributed by atoms with Crippen LogP contribution in [0.3, 0.4) is 0 Å². The van der Waals surface area contributed by atoms with Gasteiger partial charge in [0, 0.05) is 0 Å². The molecule has 2 aromatic carbocycles. The Labute approximate surface area is 152 Å². The van der Waals surface area contributed by atoms with Gasteiger partial charge in [-0.05, 0) is 30.8 Å². The number of alkyl halides is 3. The highest BCUT2D eigenvalue weighted by atomic mass is 28.4. The van der Waals surface area contributed by atoms with Crippen molar-refractivity contribution in [2.45, 2.75) is 38.0 Å². The van der Waals surface area contributed by atoms with Crippen molar-refractivity contribution in [3.05, 3.63) is 71.8 Å². The van der Waals surface area contributed by atoms with Crippen LogP contribution in [0.4, 0.5) is 13.2 Å². The summed E-state index contributed by atoms with van der Waals surface area (Å²) in [5.41, 5.74) is 1.27. The number of hydrogen-bond donors (Lipinski definition) is 1. The minimum Gasteiger partial charge on any atom is -0.408 e. The fourth-order valence-electron chi connectivity index (χ4n) is 2.57. The third-order valence-corrected chi connectivity index (χ3v) is 4.58. The Morgan fingerprint density at radius 1 is 0.923 bits per heavy atom. The van der Waals surface area contributed by atoms with Crippen LogP contribution in [-0.2, 0) is 9.22 Å². The molecule has 0 aliphatic carbocycles. The summed E-state index contributed by atoms with van der Waals surface area (Å²) < 4.78 is 44.9. The molecule has 0 radical (unpaired) electrons. The van der Waals surface area contributed by atoms with Crippen LogP contribution < -0.4 is 5.32 Å². The third-order valence-electron chi connectivity index (χ3n) is 3.61. The maximum absolute atomic E-state index is 12.9. The standard InChI is InChI=1S/C19H22F3NO2Si/c1-26(2,3)25-17(15-12-8-5-9-13-15)16(14-10-6-4-7-11-14)23-18(24)19(20,21)22/h4-13,16-17H,1-3H3,(H,23,24)/t16-,17+/m1/s1. The summed E-state index contributed by atoms with van der Waals surface area (Å²) >= 11 is 0. The van der Waals surface area contributed by atoms with E-state index in [2.05, 4.69) is 5.32 Å². The van der Waals surface area contributed by atoms with E-state index >= 15 is 0 Å². The van der Waals surface area contributed by atoms with Gasteiger partial charge in [0.25, 0.3) is 0 Å². The smallest absolute Gasteiger partial charge is 0.408 e. The highest BCUT2D eigenvalue weighted by Gasteiger charge is 2.42. The first kappa shape index (κ1) is 20.2. The molecule has 0 unspecified atom stereocenters. The maximum Gasteiger partial charge on any atom is 0.471 e. The van der Waals surface area contributed by atoms with Crippen LogP contribution in [0.25, 0.3) is 0 Å². The van der Waals surface area contributed by atoms with Crippen molar-refractivity contribution >= 4 is 14.2 Å². The van der Waals surface area contributed by atoms with Gasteiger partial charge in [0.05, 0.1) is 12.1 Å². The highest BCUT2D eigenvalue weighted by Crippen LogP contribution is 2.35. The summed E-state index contributed by atoms with van der Waals surface area (Å²) in [6.07, 6.45) is -5.69. The summed E-state index contributed by atoms with van der Waals surface area (Å²) in [6.45, 7) is 5.86. The third kappa shape index (κ3) is 5.71. The second-order valence-electron chi connectivity index (χ2n) is 6.92. The molecule has 0 saturated carbocycles. The van der Waals surface area contributed by atoms with Gasteiger partial charge < -0.3 is 9.74 Å². The highest BCUT2D eigenvalue weighted by molar-refractivity contribution is 6.69. The van der Waals surface area contributed by atoms with Gasteiger partial charge in [0.2, 0.25) is 0 Å². The van der Waals surface area contributed by atoms with Gasteiger partial charge in [-0.3, -0.25) is 4.79 Å². The van der Waals surface area contributed by atoms with Crippen molar-refractivity contribution in [1.82, 2.24) is 5.32 Å². The summed E-state index contributed by atoms with van der Waals surface area (Å²) in [5, 5.41) is 2.13. The Balaban J connectivity index is 2.49. The van der Waals surface area contributed by atoms with Crippen LogP contribution in [0.5, 0.6) is 0 Å². The Morgan fingerprint density at radius 2 is 1.38 bits per heavy atom. The van der Waals surface area contributed by atoms with E-state index in [-0.39, 0.29) is 0 Å². The predicted octanol–water partition coefficient (Wildman–Crippen LogP) is 5.00. The summed E-state index contributed by atoms with van der Waals surface area (Å²) in [5.74, 6) is -1.98. The minimum absolute atomic E-state index is 0.553. The maximum atomic E-state index is 12.9. The number of amides is 1. The van der Waals surface area contributed by atoms with Crippen molar-refractivity contribution in [3.8, 4) is 0 Å². The van der Waals surface area contributed by atoms with Gasteiger partial charge in [0.1, 0.15) is 0 Å². The lowest BCUT2D eigenvalue weighted by atomic mass is 9.95. The molecule has 0 heterocycles. The Kier molecular flexibility index (Phi) is 6.25. The molecule has 0 saturated heterocycles. The fourth-order valence-corrected chi connectivity index (χ4v) is 3.60. The zero-order valence-electron chi connectivity index (χ0n) is 14.9. The molecule has 0 aliphatic heterocycles. The van der Waals surface area contributed by atoms with E-state index in [4.69, 9.17) is 4.43 Å². The Bertz CT molecular complexity index is 715. The second-order valence-corrected chi connectivity index (χ2v) is 11.4. The molecule has 0 spiro atoms. The first-order valence-corrected chi connectivity index (χ1v) is 11.6. The van der Waals surface area contributed by atoms with E-state index in [1.807, 2.05) is 25.7 Å². The average Bonchev–Trinajstić information content (AvgIpc) is 2.57. The molecule has 2 aromatic rings. The number of carbonyl (C=O) groups excluding carboxylic acids is 1. The van der Waals surface area contributed by atoms with Crippen LogP contribution in [0.15, 0.2) is 60.7 Å². The van der Waals surface area contributed by atoms with Crippen LogP contribution >= 0.6 is 0 Å². The molecular weight excluding hydrogens is 359 g/mol. The van der Waals surface area contributed by atoms with Crippen molar-refractivity contribution in [1.29, 1.82) is 0 Å². The van der Waals surface area contributed by atoms with Gasteiger partial charge >= 0.3 is 12.1 Å². The summed E-state index contributed by atoms with van der Waals surface area (Å²) in [6, 6.07) is 16.6. The molecule has 2 atom stereocenters. The zero-order valence-corrected chi connectivity index (χ0v) is 15.9. The SMILES string of the molecule is C[Si](C)(C)O[C@@H](c1ccccc1)[C@H](NC(=O)C(F)(F)F)c1ccccc1. The lowest BCUT2D eigenvalue weighted by Crippen LogP contribution is -2.43. The fraction of sp³-hybridized carbons (Fsp3) is 0.316. The lowest BCUT2D eigenvalue weighted by Gasteiger charge is -2.34. The van der Waals surface area contributed by atoms with Gasteiger partial charge in [-0.1, -0.05) is 60.7 Å². The van der Waals surface area contributed by atoms with E-state index < -0.39 is 32.5 Å². The van der Waals surface area contributed by atoms with E-state index in [0.29, 0.717) is 11.1 Å². The monoisotopic (exact) mass is 381 g/mol. The van der Waals surface area contributed by atoms with Crippen molar-refractivity contribution < 1.29 is 22.4 Å². The molecule has 0 aromatic heterocycles. The van der Waals surface area contributed by atoms with E-state index in [1.54, 1.807) is 54.6 Å². The van der Waals surface area contributed by atoms with Gasteiger partial charge in [-0.2, -0.15) is 13.2 Å². The van der Waals surface area contributed by atoms with Gasteiger partial charge in [-0.15, -0.1) is 0 Å². The number of hydrogen-bond acceptors (Lipinski definition) is 2. The number of nitrogens with one attached hydrogen (secondary N) is 1. The number of rotatable bonds is 6. The zero-order chi connectivity index (χ0) is 19.4. The normalized spacial score (nSPS) is 14.5. The Hall–Kier alpha value is -2.12. The van der Waals surface area contributed by atoms with Crippen molar-refractivity contribution in [2.24, 2.45) is 0 Å². The molecule has 0 aliphatic rings. The van der Waals surface area contributed by atoms with E-state index in [9.17, 15) is 18.0 Å². The molecule has 2 rings (SSSR count). The topological polar surface area (TPSA) is 38.3 Å². The van der Waals surface area contributed by atoms with Crippen molar-refractivity contribution in [3.63, 3.8) is 0 Å². The van der Waals surface area contributed by atoms with E-state index in [0.717, 1.165) is 0 Å². The van der Waals surface area contributed by atoms with Gasteiger partial charge in [-0.25, -0.2) is 0 Å². The molecule has 1 N–H and O–H groups in total. The molecule has 3 nitrogen and oxygen atoms in total. The molecule has 1 amide bonds. The first-order chi connectivity index (χ1) is 12.1. The molecule has 140 valence electrons. The number of halogens is 3. The summed E-state index contributed by atoms with van der Waals surface area (Å²) in [7, 11) is -2.13. The van der Waals surface area contributed by atoms with Crippen LogP contribution in [0.2, 0.25) is 19.6 Å². The quantitative estimate of drug-likeness (QED) is 0.715. The minimum atomic E-state index is -4.96. The number of carbonyl (C=O) groups is 1. The van der Waals surface area contributed by atoms with E-state index in [1.165, 1.54) is 0 Å². The molecule has 0 fully saturated rings. The molecule has 7 heteroatoms. The summed E-state index contributed by atoms with van der Waals surface area (Å²) in [4.78, 5) is 11.7. The van der Waals surface area contributed by atoms with Gasteiger partial charge in [0.15, 0.2) is 8.32 Å². The largest absolute Gasteiger partial charge is 0.471 e.